The summed E-state index contributed by atoms with van der Waals surface area (Å²) >= 11 is 4.84. The molecule has 1 aromatic heterocycles. The minimum absolute atomic E-state index is 0.195. The lowest BCUT2D eigenvalue weighted by Crippen LogP contribution is -2.37. The Bertz CT molecular complexity index is 732. The summed E-state index contributed by atoms with van der Waals surface area (Å²) in [5.41, 5.74) is 1.27. The van der Waals surface area contributed by atoms with Gasteiger partial charge in [0.1, 0.15) is 0 Å². The number of aromatic amines is 1. The van der Waals surface area contributed by atoms with Crippen molar-refractivity contribution in [2.45, 2.75) is 38.2 Å². The van der Waals surface area contributed by atoms with Crippen molar-refractivity contribution in [2.24, 2.45) is 5.92 Å². The summed E-state index contributed by atoms with van der Waals surface area (Å²) in [6, 6.07) is 6.90. The normalized spacial score (nSPS) is 16.7. The summed E-state index contributed by atoms with van der Waals surface area (Å²) in [5, 5.41) is 19.5. The van der Waals surface area contributed by atoms with Gasteiger partial charge in [-0.3, -0.25) is 4.79 Å². The van der Waals surface area contributed by atoms with Gasteiger partial charge in [0.2, 0.25) is 5.89 Å². The van der Waals surface area contributed by atoms with E-state index in [1.54, 1.807) is 24.3 Å². The van der Waals surface area contributed by atoms with E-state index in [4.69, 9.17) is 16.6 Å². The van der Waals surface area contributed by atoms with Crippen molar-refractivity contribution < 1.29 is 14.3 Å². The van der Waals surface area contributed by atoms with E-state index in [0.29, 0.717) is 23.9 Å². The standard InChI is InChI=1S/C17H21N3O3S/c21-14(11-4-2-1-3-5-11)10-18-15(22)12-6-8-13(9-7-12)16-19-20-17(24)23-16/h6-9,11,14,21H,1-5,10H2,(H,18,22)(H,20,24)/t14-/m0/s1. The monoisotopic (exact) mass is 347 g/mol. The number of carbonyl (C=O) groups is 1. The third-order valence-corrected chi connectivity index (χ3v) is 4.67. The average molecular weight is 347 g/mol. The summed E-state index contributed by atoms with van der Waals surface area (Å²) < 4.78 is 5.23. The fourth-order valence-electron chi connectivity index (χ4n) is 3.10. The molecule has 3 N–H and O–H groups in total. The van der Waals surface area contributed by atoms with Crippen molar-refractivity contribution in [3.8, 4) is 11.5 Å². The fraction of sp³-hybridized carbons (Fsp3) is 0.471. The summed E-state index contributed by atoms with van der Waals surface area (Å²) in [6.07, 6.45) is 5.20. The SMILES string of the molecule is O=C(NC[C@H](O)C1CCCCC1)c1ccc(-c2n[nH]c(=S)o2)cc1. The minimum atomic E-state index is -0.471. The van der Waals surface area contributed by atoms with Gasteiger partial charge in [-0.15, -0.1) is 5.10 Å². The predicted octanol–water partition coefficient (Wildman–Crippen LogP) is 3.07. The maximum absolute atomic E-state index is 12.2. The molecule has 3 rings (SSSR count). The molecule has 7 heteroatoms. The van der Waals surface area contributed by atoms with Crippen molar-refractivity contribution in [3.05, 3.63) is 34.7 Å². The summed E-state index contributed by atoms with van der Waals surface area (Å²) in [5.74, 6) is 0.495. The van der Waals surface area contributed by atoms with Crippen molar-refractivity contribution in [1.82, 2.24) is 15.5 Å². The van der Waals surface area contributed by atoms with Crippen LogP contribution in [-0.2, 0) is 0 Å². The van der Waals surface area contributed by atoms with Crippen LogP contribution in [0.25, 0.3) is 11.5 Å². The first-order valence-electron chi connectivity index (χ1n) is 8.25. The first-order chi connectivity index (χ1) is 11.6. The Balaban J connectivity index is 1.56. The molecule has 1 aliphatic rings. The molecule has 128 valence electrons. The van der Waals surface area contributed by atoms with Crippen LogP contribution in [-0.4, -0.2) is 33.9 Å². The number of rotatable bonds is 5. The zero-order valence-corrected chi connectivity index (χ0v) is 14.1. The average Bonchev–Trinajstić information content (AvgIpc) is 3.06. The highest BCUT2D eigenvalue weighted by Gasteiger charge is 2.22. The Morgan fingerprint density at radius 1 is 1.33 bits per heavy atom. The first-order valence-corrected chi connectivity index (χ1v) is 8.66. The quantitative estimate of drug-likeness (QED) is 0.723. The van der Waals surface area contributed by atoms with Crippen LogP contribution in [0.4, 0.5) is 0 Å². The molecule has 24 heavy (non-hydrogen) atoms. The molecule has 1 fully saturated rings. The predicted molar refractivity (Wildman–Crippen MR) is 92.0 cm³/mol. The van der Waals surface area contributed by atoms with E-state index >= 15 is 0 Å². The van der Waals surface area contributed by atoms with Crippen LogP contribution in [0, 0.1) is 10.8 Å². The van der Waals surface area contributed by atoms with Crippen molar-refractivity contribution >= 4 is 18.1 Å². The molecule has 1 aliphatic carbocycles. The van der Waals surface area contributed by atoms with E-state index in [2.05, 4.69) is 15.5 Å². The zero-order chi connectivity index (χ0) is 16.9. The highest BCUT2D eigenvalue weighted by atomic mass is 32.1. The second-order valence-electron chi connectivity index (χ2n) is 6.17. The van der Waals surface area contributed by atoms with E-state index in [-0.39, 0.29) is 10.7 Å². The number of benzene rings is 1. The number of hydrogen-bond acceptors (Lipinski definition) is 5. The molecule has 0 spiro atoms. The van der Waals surface area contributed by atoms with E-state index in [9.17, 15) is 9.90 Å². The van der Waals surface area contributed by atoms with Gasteiger partial charge in [-0.1, -0.05) is 19.3 Å². The number of aliphatic hydroxyl groups is 1. The number of carbonyl (C=O) groups excluding carboxylic acids is 1. The molecule has 0 radical (unpaired) electrons. The van der Waals surface area contributed by atoms with Crippen molar-refractivity contribution in [1.29, 1.82) is 0 Å². The number of aliphatic hydroxyl groups excluding tert-OH is 1. The van der Waals surface area contributed by atoms with Crippen LogP contribution in [0.5, 0.6) is 0 Å². The van der Waals surface area contributed by atoms with Gasteiger partial charge in [-0.25, -0.2) is 5.10 Å². The van der Waals surface area contributed by atoms with E-state index < -0.39 is 6.10 Å². The molecule has 1 aromatic carbocycles. The Hall–Kier alpha value is -1.99. The van der Waals surface area contributed by atoms with E-state index in [0.717, 1.165) is 18.4 Å². The second-order valence-corrected chi connectivity index (χ2v) is 6.54. The third kappa shape index (κ3) is 4.10. The van der Waals surface area contributed by atoms with Crippen molar-refractivity contribution in [3.63, 3.8) is 0 Å². The van der Waals surface area contributed by atoms with Crippen LogP contribution in [0.1, 0.15) is 42.5 Å². The molecule has 2 aromatic rings. The zero-order valence-electron chi connectivity index (χ0n) is 13.3. The van der Waals surface area contributed by atoms with Gasteiger partial charge in [-0.2, -0.15) is 0 Å². The number of nitrogens with zero attached hydrogens (tertiary/aromatic N) is 1. The minimum Gasteiger partial charge on any atom is -0.409 e. The topological polar surface area (TPSA) is 91.1 Å². The molecule has 0 bridgehead atoms. The molecular formula is C17H21N3O3S. The van der Waals surface area contributed by atoms with Gasteiger partial charge in [-0.05, 0) is 55.2 Å². The maximum Gasteiger partial charge on any atom is 0.284 e. The van der Waals surface area contributed by atoms with E-state index in [1.165, 1.54) is 19.3 Å². The summed E-state index contributed by atoms with van der Waals surface area (Å²) in [7, 11) is 0. The van der Waals surface area contributed by atoms with Gasteiger partial charge >= 0.3 is 0 Å². The third-order valence-electron chi connectivity index (χ3n) is 4.50. The van der Waals surface area contributed by atoms with Crippen LogP contribution < -0.4 is 5.32 Å². The van der Waals surface area contributed by atoms with Gasteiger partial charge in [0.05, 0.1) is 6.10 Å². The molecule has 0 aliphatic heterocycles. The molecule has 1 heterocycles. The molecule has 0 saturated heterocycles. The van der Waals surface area contributed by atoms with Crippen LogP contribution in [0.15, 0.2) is 28.7 Å². The fourth-order valence-corrected chi connectivity index (χ4v) is 3.23. The molecule has 6 nitrogen and oxygen atoms in total. The summed E-state index contributed by atoms with van der Waals surface area (Å²) in [6.45, 7) is 0.291. The van der Waals surface area contributed by atoms with Gasteiger partial charge in [0, 0.05) is 17.7 Å². The highest BCUT2D eigenvalue weighted by Crippen LogP contribution is 2.26. The second kappa shape index (κ2) is 7.72. The summed E-state index contributed by atoms with van der Waals surface area (Å²) in [4.78, 5) is 12.4. The lowest BCUT2D eigenvalue weighted by Gasteiger charge is -2.26. The van der Waals surface area contributed by atoms with Crippen LogP contribution in [0.3, 0.4) is 0 Å². The number of H-pyrrole nitrogens is 1. The van der Waals surface area contributed by atoms with Crippen LogP contribution in [0.2, 0.25) is 0 Å². The highest BCUT2D eigenvalue weighted by molar-refractivity contribution is 7.71. The molecule has 1 amide bonds. The molecule has 1 atom stereocenters. The number of aromatic nitrogens is 2. The van der Waals surface area contributed by atoms with Gasteiger partial charge < -0.3 is 14.8 Å². The first kappa shape index (κ1) is 16.9. The Labute approximate surface area is 145 Å². The van der Waals surface area contributed by atoms with Crippen LogP contribution >= 0.6 is 12.2 Å². The Kier molecular flexibility index (Phi) is 5.42. The number of hydrogen-bond donors (Lipinski definition) is 3. The van der Waals surface area contributed by atoms with Gasteiger partial charge in [0.25, 0.3) is 10.7 Å². The van der Waals surface area contributed by atoms with Gasteiger partial charge in [0.15, 0.2) is 0 Å². The Morgan fingerprint density at radius 3 is 2.67 bits per heavy atom. The lowest BCUT2D eigenvalue weighted by atomic mass is 9.85. The maximum atomic E-state index is 12.2. The molecule has 1 saturated carbocycles. The number of amides is 1. The van der Waals surface area contributed by atoms with Crippen molar-refractivity contribution in [2.75, 3.05) is 6.54 Å². The molecular weight excluding hydrogens is 326 g/mol. The largest absolute Gasteiger partial charge is 0.409 e. The van der Waals surface area contributed by atoms with E-state index in [1.807, 2.05) is 0 Å². The Morgan fingerprint density at radius 2 is 2.04 bits per heavy atom. The molecule has 0 unspecified atom stereocenters. The lowest BCUT2D eigenvalue weighted by molar-refractivity contribution is 0.0738. The smallest absolute Gasteiger partial charge is 0.284 e. The number of nitrogens with one attached hydrogen (secondary N) is 2.